The van der Waals surface area contributed by atoms with Crippen LogP contribution >= 0.6 is 11.6 Å². The highest BCUT2D eigenvalue weighted by molar-refractivity contribution is 6.28. The van der Waals surface area contributed by atoms with Gasteiger partial charge in [0, 0.05) is 6.54 Å². The van der Waals surface area contributed by atoms with E-state index in [9.17, 15) is 0 Å². The molecular formula is C13H15ClN4O. The summed E-state index contributed by atoms with van der Waals surface area (Å²) in [6.45, 7) is 4.83. The Kier molecular flexibility index (Phi) is 4.52. The first-order valence-corrected chi connectivity index (χ1v) is 6.45. The number of nitrogens with zero attached hydrogens (tertiary/aromatic N) is 3. The maximum atomic E-state index is 5.84. The lowest BCUT2D eigenvalue weighted by atomic mass is 10.2. The molecule has 0 amide bonds. The number of halogens is 1. The lowest BCUT2D eigenvalue weighted by Crippen LogP contribution is -2.06. The summed E-state index contributed by atoms with van der Waals surface area (Å²) in [6.07, 6.45) is 0.970. The molecule has 1 aromatic heterocycles. The predicted octanol–water partition coefficient (Wildman–Crippen LogP) is 3.45. The highest BCUT2D eigenvalue weighted by atomic mass is 35.5. The summed E-state index contributed by atoms with van der Waals surface area (Å²) in [5, 5.41) is 3.15. The average molecular weight is 279 g/mol. The third kappa shape index (κ3) is 4.06. The fourth-order valence-corrected chi connectivity index (χ4v) is 1.56. The highest BCUT2D eigenvalue weighted by Gasteiger charge is 2.06. The minimum atomic E-state index is 0.107. The van der Waals surface area contributed by atoms with Gasteiger partial charge in [-0.2, -0.15) is 15.0 Å². The second-order valence-corrected chi connectivity index (χ2v) is 4.39. The van der Waals surface area contributed by atoms with Gasteiger partial charge in [0.1, 0.15) is 5.75 Å². The van der Waals surface area contributed by atoms with E-state index in [1.54, 1.807) is 0 Å². The smallest absolute Gasteiger partial charge is 0.328 e. The SMILES string of the molecule is CCCNc1nc(Cl)nc(Oc2ccc(C)cc2)n1. The number of nitrogens with one attached hydrogen (secondary N) is 1. The number of benzene rings is 1. The molecule has 100 valence electrons. The summed E-state index contributed by atoms with van der Waals surface area (Å²) in [5.41, 5.74) is 1.16. The Morgan fingerprint density at radius 1 is 1.16 bits per heavy atom. The number of ether oxygens (including phenoxy) is 1. The molecule has 1 N–H and O–H groups in total. The highest BCUT2D eigenvalue weighted by Crippen LogP contribution is 2.20. The van der Waals surface area contributed by atoms with Gasteiger partial charge in [0.2, 0.25) is 11.2 Å². The Hall–Kier alpha value is -1.88. The van der Waals surface area contributed by atoms with Crippen molar-refractivity contribution in [2.45, 2.75) is 20.3 Å². The van der Waals surface area contributed by atoms with Crippen molar-refractivity contribution >= 4 is 17.5 Å². The van der Waals surface area contributed by atoms with Crippen molar-refractivity contribution in [2.24, 2.45) is 0 Å². The lowest BCUT2D eigenvalue weighted by molar-refractivity contribution is 0.440. The standard InChI is InChI=1S/C13H15ClN4O/c1-3-8-15-12-16-11(14)17-13(18-12)19-10-6-4-9(2)5-7-10/h4-7H,3,8H2,1-2H3,(H,15,16,17,18). The van der Waals surface area contributed by atoms with Crippen LogP contribution in [-0.2, 0) is 0 Å². The molecule has 0 saturated carbocycles. The Bertz CT molecular complexity index is 545. The van der Waals surface area contributed by atoms with E-state index in [-0.39, 0.29) is 11.3 Å². The predicted molar refractivity (Wildman–Crippen MR) is 74.9 cm³/mol. The van der Waals surface area contributed by atoms with Gasteiger partial charge in [-0.25, -0.2) is 0 Å². The van der Waals surface area contributed by atoms with Gasteiger partial charge in [-0.1, -0.05) is 24.6 Å². The van der Waals surface area contributed by atoms with Crippen LogP contribution in [0.2, 0.25) is 5.28 Å². The van der Waals surface area contributed by atoms with Crippen molar-refractivity contribution in [3.63, 3.8) is 0 Å². The van der Waals surface area contributed by atoms with E-state index in [2.05, 4.69) is 27.2 Å². The molecule has 0 bridgehead atoms. The minimum absolute atomic E-state index is 0.107. The summed E-state index contributed by atoms with van der Waals surface area (Å²) < 4.78 is 5.55. The van der Waals surface area contributed by atoms with Gasteiger partial charge in [0.25, 0.3) is 0 Å². The summed E-state index contributed by atoms with van der Waals surface area (Å²) in [4.78, 5) is 12.1. The Labute approximate surface area is 117 Å². The van der Waals surface area contributed by atoms with E-state index in [0.29, 0.717) is 11.7 Å². The molecule has 1 heterocycles. The zero-order valence-electron chi connectivity index (χ0n) is 10.9. The molecule has 0 aliphatic carbocycles. The van der Waals surface area contributed by atoms with Crippen LogP contribution in [0.4, 0.5) is 5.95 Å². The van der Waals surface area contributed by atoms with Gasteiger partial charge in [-0.15, -0.1) is 0 Å². The molecule has 5 nitrogen and oxygen atoms in total. The molecule has 0 unspecified atom stereocenters. The molecule has 0 spiro atoms. The Morgan fingerprint density at radius 2 is 1.89 bits per heavy atom. The topological polar surface area (TPSA) is 59.9 Å². The first kappa shape index (κ1) is 13.5. The van der Waals surface area contributed by atoms with Crippen LogP contribution in [0.5, 0.6) is 11.8 Å². The molecular weight excluding hydrogens is 264 g/mol. The molecule has 1 aromatic carbocycles. The number of anilines is 1. The van der Waals surface area contributed by atoms with Crippen molar-refractivity contribution < 1.29 is 4.74 Å². The maximum absolute atomic E-state index is 5.84. The summed E-state index contributed by atoms with van der Waals surface area (Å²) in [5.74, 6) is 1.08. The van der Waals surface area contributed by atoms with Crippen molar-refractivity contribution in [3.05, 3.63) is 35.1 Å². The average Bonchev–Trinajstić information content (AvgIpc) is 2.38. The Balaban J connectivity index is 2.15. The summed E-state index contributed by atoms with van der Waals surface area (Å²) in [6, 6.07) is 7.80. The minimum Gasteiger partial charge on any atom is -0.424 e. The molecule has 0 aliphatic rings. The van der Waals surface area contributed by atoms with Crippen molar-refractivity contribution in [2.75, 3.05) is 11.9 Å². The van der Waals surface area contributed by atoms with Gasteiger partial charge < -0.3 is 10.1 Å². The number of hydrogen-bond donors (Lipinski definition) is 1. The van der Waals surface area contributed by atoms with Crippen molar-refractivity contribution in [1.29, 1.82) is 0 Å². The number of rotatable bonds is 5. The van der Waals surface area contributed by atoms with Crippen LogP contribution in [0.3, 0.4) is 0 Å². The third-order valence-electron chi connectivity index (χ3n) is 2.35. The molecule has 0 aliphatic heterocycles. The summed E-state index contributed by atoms with van der Waals surface area (Å²) >= 11 is 5.84. The van der Waals surface area contributed by atoms with Crippen LogP contribution in [0, 0.1) is 6.92 Å². The van der Waals surface area contributed by atoms with Crippen molar-refractivity contribution in [1.82, 2.24) is 15.0 Å². The molecule has 0 saturated heterocycles. The van der Waals surface area contributed by atoms with Crippen LogP contribution < -0.4 is 10.1 Å². The molecule has 19 heavy (non-hydrogen) atoms. The molecule has 0 fully saturated rings. The molecule has 6 heteroatoms. The first-order valence-electron chi connectivity index (χ1n) is 6.07. The number of aromatic nitrogens is 3. The van der Waals surface area contributed by atoms with Gasteiger partial charge in [0.15, 0.2) is 0 Å². The fourth-order valence-electron chi connectivity index (χ4n) is 1.41. The summed E-state index contributed by atoms with van der Waals surface area (Å²) in [7, 11) is 0. The normalized spacial score (nSPS) is 10.3. The largest absolute Gasteiger partial charge is 0.424 e. The van der Waals surface area contributed by atoms with Crippen LogP contribution in [0.15, 0.2) is 24.3 Å². The van der Waals surface area contributed by atoms with Gasteiger partial charge >= 0.3 is 6.01 Å². The monoisotopic (exact) mass is 278 g/mol. The molecule has 0 atom stereocenters. The zero-order valence-corrected chi connectivity index (χ0v) is 11.6. The van der Waals surface area contributed by atoms with E-state index in [4.69, 9.17) is 16.3 Å². The van der Waals surface area contributed by atoms with E-state index in [0.717, 1.165) is 18.5 Å². The quantitative estimate of drug-likeness (QED) is 0.908. The van der Waals surface area contributed by atoms with E-state index < -0.39 is 0 Å². The molecule has 2 aromatic rings. The lowest BCUT2D eigenvalue weighted by Gasteiger charge is -2.07. The van der Waals surface area contributed by atoms with Crippen molar-refractivity contribution in [3.8, 4) is 11.8 Å². The van der Waals surface area contributed by atoms with E-state index >= 15 is 0 Å². The fraction of sp³-hybridized carbons (Fsp3) is 0.308. The second-order valence-electron chi connectivity index (χ2n) is 4.05. The van der Waals surface area contributed by atoms with Crippen LogP contribution in [0.25, 0.3) is 0 Å². The maximum Gasteiger partial charge on any atom is 0.328 e. The Morgan fingerprint density at radius 3 is 2.58 bits per heavy atom. The van der Waals surface area contributed by atoms with Gasteiger partial charge in [-0.3, -0.25) is 0 Å². The van der Waals surface area contributed by atoms with Crippen LogP contribution in [-0.4, -0.2) is 21.5 Å². The van der Waals surface area contributed by atoms with Crippen LogP contribution in [0.1, 0.15) is 18.9 Å². The van der Waals surface area contributed by atoms with E-state index in [1.165, 1.54) is 0 Å². The molecule has 0 radical (unpaired) electrons. The van der Waals surface area contributed by atoms with E-state index in [1.807, 2.05) is 31.2 Å². The molecule has 2 rings (SSSR count). The number of hydrogen-bond acceptors (Lipinski definition) is 5. The second kappa shape index (κ2) is 6.33. The van der Waals surface area contributed by atoms with Gasteiger partial charge in [0.05, 0.1) is 0 Å². The third-order valence-corrected chi connectivity index (χ3v) is 2.52. The zero-order chi connectivity index (χ0) is 13.7. The number of aryl methyl sites for hydroxylation is 1. The first-order chi connectivity index (χ1) is 9.17. The van der Waals surface area contributed by atoms with Gasteiger partial charge in [-0.05, 0) is 37.1 Å².